The van der Waals surface area contributed by atoms with Crippen molar-refractivity contribution < 1.29 is 55.3 Å². The summed E-state index contributed by atoms with van der Waals surface area (Å²) in [5, 5.41) is 5.56. The standard InChI is InChI=1S/2C26H24N2O3S2.H2O4S/c2*1-3-32-26-28(20-14-16-21(31-2)17-15-20)25(30)22(23(33-26)18-10-6-4-7-11-18)27-24(29)19-12-8-5-9-13-19;1-5(2,3)4/h2*4-17,22-23H,3H2,1-2H3;(H2,1,2,3,4)/t2*22-,23+;/m00./s1. The highest BCUT2D eigenvalue weighted by Gasteiger charge is 2.49. The second-order valence-electron chi connectivity index (χ2n) is 15.1. The number of thioether (sulfide) groups is 4. The number of hydrogen-bond donors (Lipinski definition) is 2. The Balaban J connectivity index is 0.000000212. The van der Waals surface area contributed by atoms with Gasteiger partial charge < -0.3 is 29.2 Å². The third kappa shape index (κ3) is 14.9. The zero-order valence-electron chi connectivity index (χ0n) is 38.9. The Kier molecular flexibility index (Phi) is 20.1. The molecule has 0 aromatic heterocycles. The lowest BCUT2D eigenvalue weighted by Crippen LogP contribution is -2.50. The Labute approximate surface area is 430 Å². The molecule has 4 amide bonds. The minimum absolute atomic E-state index is 0.159. The topological polar surface area (TPSA) is 197 Å². The summed E-state index contributed by atoms with van der Waals surface area (Å²) in [6, 6.07) is 51.1. The summed E-state index contributed by atoms with van der Waals surface area (Å²) in [6.45, 7) is 4.13. The Morgan fingerprint density at radius 1 is 0.535 bits per heavy atom. The van der Waals surface area contributed by atoms with E-state index < -0.39 is 22.5 Å². The van der Waals surface area contributed by atoms with E-state index in [4.69, 9.17) is 27.0 Å². The fourth-order valence-corrected chi connectivity index (χ4v) is 12.5. The van der Waals surface area contributed by atoms with Crippen molar-refractivity contribution in [2.75, 3.05) is 25.7 Å². The summed E-state index contributed by atoms with van der Waals surface area (Å²) in [5.41, 5.74) is 4.53. The van der Waals surface area contributed by atoms with Crippen LogP contribution in [0.25, 0.3) is 0 Å². The highest BCUT2D eigenvalue weighted by molar-refractivity contribution is 8.39. The van der Waals surface area contributed by atoms with Crippen LogP contribution in [0.4, 0.5) is 11.4 Å². The van der Waals surface area contributed by atoms with Crippen LogP contribution in [0.15, 0.2) is 170 Å². The van der Waals surface area contributed by atoms with Crippen molar-refractivity contribution >= 4 is 101 Å². The highest BCUT2D eigenvalue weighted by atomic mass is 32.3. The lowest BCUT2D eigenvalue weighted by atomic mass is 10.0. The van der Waals surface area contributed by atoms with Gasteiger partial charge in [-0.2, -0.15) is 0 Å². The molecule has 19 heteroatoms. The zero-order valence-corrected chi connectivity index (χ0v) is 43.0. The first-order chi connectivity index (χ1) is 34.2. The summed E-state index contributed by atoms with van der Waals surface area (Å²) in [5.74, 6) is 2.23. The van der Waals surface area contributed by atoms with Gasteiger partial charge in [-0.3, -0.25) is 18.0 Å². The predicted molar refractivity (Wildman–Crippen MR) is 282 cm³/mol. The molecule has 0 saturated heterocycles. The van der Waals surface area contributed by atoms with Crippen LogP contribution in [0.5, 0.6) is 11.5 Å². The van der Waals surface area contributed by atoms with E-state index in [9.17, 15) is 19.2 Å². The van der Waals surface area contributed by atoms with E-state index in [0.717, 1.165) is 54.3 Å². The minimum atomic E-state index is -5.17. The molecule has 2 aliphatic heterocycles. The van der Waals surface area contributed by atoms with Crippen LogP contribution in [-0.4, -0.2) is 96.9 Å². The number of benzene rings is 6. The number of nitrogens with zero attached hydrogens (tertiary/aromatic N) is 2. The number of carbonyl (C=O) groups is 4. The third-order valence-corrected chi connectivity index (χ3v) is 15.6. The first-order valence-corrected chi connectivity index (χ1v) is 27.1. The molecule has 14 nitrogen and oxygen atoms in total. The molecule has 2 N–H and O–H groups in total. The van der Waals surface area contributed by atoms with Gasteiger partial charge in [0.2, 0.25) is 11.4 Å². The molecule has 0 unspecified atom stereocenters. The Bertz CT molecular complexity index is 2740. The number of hydrogen-bond acceptors (Lipinski definition) is 14. The number of methoxy groups -OCH3 is 2. The second-order valence-corrected chi connectivity index (χ2v) is 21.2. The second kappa shape index (κ2) is 26.3. The van der Waals surface area contributed by atoms with Crippen molar-refractivity contribution in [2.24, 2.45) is 0 Å². The van der Waals surface area contributed by atoms with Gasteiger partial charge in [-0.15, -0.1) is 9.15 Å². The van der Waals surface area contributed by atoms with E-state index in [-0.39, 0.29) is 34.1 Å². The van der Waals surface area contributed by atoms with Crippen molar-refractivity contribution in [3.05, 3.63) is 192 Å². The average Bonchev–Trinajstić information content (AvgIpc) is 3.39. The molecule has 0 aliphatic carbocycles. The van der Waals surface area contributed by atoms with Crippen LogP contribution in [0.1, 0.15) is 56.2 Å². The Hall–Kier alpha value is -6.19. The van der Waals surface area contributed by atoms with Crippen LogP contribution in [0.2, 0.25) is 0 Å². The molecule has 0 spiro atoms. The number of ether oxygens (including phenoxy) is 2. The van der Waals surface area contributed by atoms with Gasteiger partial charge in [0.25, 0.3) is 20.6 Å². The monoisotopic (exact) mass is 1050 g/mol. The minimum Gasteiger partial charge on any atom is -0.759 e. The summed E-state index contributed by atoms with van der Waals surface area (Å²) < 4.78 is 49.9. The van der Waals surface area contributed by atoms with Crippen LogP contribution >= 0.6 is 47.0 Å². The molecule has 2 heterocycles. The molecule has 6 aromatic carbocycles. The highest BCUT2D eigenvalue weighted by Crippen LogP contribution is 2.43. The molecular weight excluding hydrogens is 1000 g/mol. The summed E-state index contributed by atoms with van der Waals surface area (Å²) in [7, 11) is -1.94. The van der Waals surface area contributed by atoms with Crippen LogP contribution < -0.4 is 20.1 Å². The van der Waals surface area contributed by atoms with Gasteiger partial charge >= 0.3 is 11.8 Å². The van der Waals surface area contributed by atoms with Gasteiger partial charge in [-0.25, -0.2) is 9.59 Å². The molecule has 0 bridgehead atoms. The van der Waals surface area contributed by atoms with E-state index in [1.807, 2.05) is 146 Å². The van der Waals surface area contributed by atoms with Crippen molar-refractivity contribution in [2.45, 2.75) is 36.4 Å². The average molecular weight is 1050 g/mol. The van der Waals surface area contributed by atoms with Gasteiger partial charge in [0.1, 0.15) is 11.5 Å². The zero-order chi connectivity index (χ0) is 50.9. The summed E-state index contributed by atoms with van der Waals surface area (Å²) >= 11 is 6.47. The fraction of sp³-hybridized carbons (Fsp3) is 0.192. The lowest BCUT2D eigenvalue weighted by Gasteiger charge is -2.28. The molecule has 0 fully saturated rings. The summed E-state index contributed by atoms with van der Waals surface area (Å²) in [4.78, 5) is 54.0. The molecular formula is C52H50N4O10S5. The van der Waals surface area contributed by atoms with E-state index in [2.05, 4.69) is 24.5 Å². The normalized spacial score (nSPS) is 17.7. The molecule has 368 valence electrons. The van der Waals surface area contributed by atoms with Crippen molar-refractivity contribution in [1.82, 2.24) is 10.6 Å². The van der Waals surface area contributed by atoms with Gasteiger partial charge in [0.15, 0.2) is 12.1 Å². The molecule has 0 radical (unpaired) electrons. The van der Waals surface area contributed by atoms with Gasteiger partial charge in [0, 0.05) is 57.3 Å². The SMILES string of the molecule is CCSC1=[N+](c2ccc(OC)cc2)C(=O)[C@@H](NC(=O)c2ccccc2)[C@@H](c2ccccc2)S1.CCSC1=[N+](c2ccc(OC)cc2)C(=O)[C@@H](NC(=O)c2ccccc2)[C@@H](c2ccccc2)S1.O=S(=O)([O-])[O-]. The van der Waals surface area contributed by atoms with Crippen molar-refractivity contribution in [3.63, 3.8) is 0 Å². The molecule has 0 saturated carbocycles. The van der Waals surface area contributed by atoms with Crippen molar-refractivity contribution in [3.8, 4) is 11.5 Å². The Morgan fingerprint density at radius 2 is 0.831 bits per heavy atom. The summed E-state index contributed by atoms with van der Waals surface area (Å²) in [6.07, 6.45) is 0. The van der Waals surface area contributed by atoms with Crippen LogP contribution in [-0.2, 0) is 20.0 Å². The van der Waals surface area contributed by atoms with E-state index in [0.29, 0.717) is 11.1 Å². The molecule has 4 atom stereocenters. The predicted octanol–water partition coefficient (Wildman–Crippen LogP) is 9.19. The molecule has 8 rings (SSSR count). The van der Waals surface area contributed by atoms with Gasteiger partial charge in [0.05, 0.1) is 24.7 Å². The maximum atomic E-state index is 13.9. The first-order valence-electron chi connectivity index (χ1n) is 22.0. The number of carbonyl (C=O) groups excluding carboxylic acids is 4. The quantitative estimate of drug-likeness (QED) is 0.0668. The molecule has 2 aliphatic rings. The van der Waals surface area contributed by atoms with Crippen LogP contribution in [0.3, 0.4) is 0 Å². The van der Waals surface area contributed by atoms with Gasteiger partial charge in [-0.1, -0.05) is 111 Å². The number of amides is 4. The Morgan fingerprint density at radius 3 is 1.11 bits per heavy atom. The smallest absolute Gasteiger partial charge is 0.418 e. The van der Waals surface area contributed by atoms with Crippen LogP contribution in [0, 0.1) is 0 Å². The third-order valence-electron chi connectivity index (χ3n) is 10.5. The fourth-order valence-electron chi connectivity index (χ4n) is 7.26. The lowest BCUT2D eigenvalue weighted by molar-refractivity contribution is -0.366. The number of nitrogens with one attached hydrogen (secondary N) is 2. The largest absolute Gasteiger partial charge is 0.759 e. The van der Waals surface area contributed by atoms with Crippen molar-refractivity contribution in [1.29, 1.82) is 0 Å². The van der Waals surface area contributed by atoms with E-state index >= 15 is 0 Å². The first kappa shape index (κ1) is 54.1. The van der Waals surface area contributed by atoms with Gasteiger partial charge in [-0.05, 0) is 107 Å². The van der Waals surface area contributed by atoms with E-state index in [1.54, 1.807) is 94.7 Å². The molecule has 71 heavy (non-hydrogen) atoms. The number of rotatable bonds is 12. The molecule has 6 aromatic rings. The van der Waals surface area contributed by atoms with E-state index in [1.165, 1.54) is 0 Å². The maximum absolute atomic E-state index is 13.9. The maximum Gasteiger partial charge on any atom is 0.418 e.